The Bertz CT molecular complexity index is 2600. The minimum Gasteiger partial charge on any atom is -0.481 e. The number of carboxylic acids is 2. The van der Waals surface area contributed by atoms with Crippen molar-refractivity contribution in [1.29, 1.82) is 0 Å². The summed E-state index contributed by atoms with van der Waals surface area (Å²) in [5.74, 6) is -9.65. The molecule has 0 bridgehead atoms. The SMILES string of the molecule is C=CCC(=O)O.COC(=O)C1(NC(=O)OC(C)(C)C)CC(OS(=O)(=O)C(F)(F)C(F)(F)OC(F)(F)C(F)(F)CC(I)CCCCCCCCC(=O)O)C1.COC(=O)C1(NC(=O)OC(C)(C)C)CC(OS(=O)(=O)C(F)(F)C(F)(F)OC(F)(F)C(F)(F)I)C1. The third-order valence-corrected chi connectivity index (χ3v) is 15.5. The molecule has 0 spiro atoms. The third kappa shape index (κ3) is 24.4. The molecule has 2 aliphatic carbocycles. The lowest BCUT2D eigenvalue weighted by Crippen LogP contribution is -2.66. The molecule has 2 fully saturated rings. The van der Waals surface area contributed by atoms with Gasteiger partial charge in [0.05, 0.1) is 32.8 Å². The van der Waals surface area contributed by atoms with Gasteiger partial charge in [0.1, 0.15) is 22.3 Å². The molecule has 1 unspecified atom stereocenters. The number of unbranched alkanes of at least 4 members (excludes halogenated alkanes) is 5. The number of rotatable bonds is 31. The summed E-state index contributed by atoms with van der Waals surface area (Å²) in [6, 6.07) is 0. The van der Waals surface area contributed by atoms with Gasteiger partial charge in [0.2, 0.25) is 0 Å². The van der Waals surface area contributed by atoms with Crippen LogP contribution in [0.25, 0.3) is 0 Å². The molecular weight excluding hydrogens is 1510 g/mol. The molecule has 2 saturated carbocycles. The molecule has 87 heavy (non-hydrogen) atoms. The van der Waals surface area contributed by atoms with Crippen molar-refractivity contribution in [1.82, 2.24) is 10.6 Å². The maximum atomic E-state index is 14.5. The van der Waals surface area contributed by atoms with Gasteiger partial charge < -0.3 is 39.8 Å². The van der Waals surface area contributed by atoms with E-state index in [-0.39, 0.29) is 48.3 Å². The number of carboxylic acid groups (broad SMARTS) is 2. The van der Waals surface area contributed by atoms with Crippen LogP contribution in [0.1, 0.15) is 131 Å². The van der Waals surface area contributed by atoms with E-state index < -0.39 is 172 Å². The lowest BCUT2D eigenvalue weighted by molar-refractivity contribution is -0.456. The quantitative estimate of drug-likeness (QED) is 0.00732. The van der Waals surface area contributed by atoms with Crippen LogP contribution in [-0.4, -0.2) is 161 Å². The number of halogens is 18. The molecule has 0 heterocycles. The normalized spacial score (nSPS) is 20.3. The molecule has 22 nitrogen and oxygen atoms in total. The average Bonchev–Trinajstić information content (AvgIpc) is 0.995. The number of methoxy groups -OCH3 is 2. The van der Waals surface area contributed by atoms with Gasteiger partial charge >= 0.3 is 101 Å². The van der Waals surface area contributed by atoms with E-state index in [2.05, 4.69) is 33.9 Å². The Morgan fingerprint density at radius 2 is 0.908 bits per heavy atom. The summed E-state index contributed by atoms with van der Waals surface area (Å²) < 4.78 is 293. The Balaban J connectivity index is 0.00000162. The van der Waals surface area contributed by atoms with E-state index in [1.54, 1.807) is 0 Å². The molecule has 0 aromatic heterocycles. The number of aliphatic carboxylic acids is 2. The molecular formula is C45H62F16I2N2O20S2. The van der Waals surface area contributed by atoms with E-state index >= 15 is 0 Å². The number of esters is 2. The molecule has 0 saturated heterocycles. The number of alkyl carbamates (subject to hydrolysis) is 2. The topological polar surface area (TPSA) is 309 Å². The van der Waals surface area contributed by atoms with Crippen molar-refractivity contribution in [3.05, 3.63) is 12.7 Å². The Morgan fingerprint density at radius 3 is 1.20 bits per heavy atom. The van der Waals surface area contributed by atoms with Crippen molar-refractivity contribution >= 4 is 101 Å². The monoisotopic (exact) mass is 1570 g/mol. The fourth-order valence-electron chi connectivity index (χ4n) is 6.91. The smallest absolute Gasteiger partial charge is 0.460 e. The van der Waals surface area contributed by atoms with E-state index in [1.807, 2.05) is 10.6 Å². The molecule has 0 aromatic rings. The lowest BCUT2D eigenvalue weighted by atomic mass is 9.74. The van der Waals surface area contributed by atoms with E-state index in [0.717, 1.165) is 14.2 Å². The van der Waals surface area contributed by atoms with Crippen molar-refractivity contribution in [2.45, 2.75) is 215 Å². The first-order valence-corrected chi connectivity index (χ1v) is 29.7. The van der Waals surface area contributed by atoms with E-state index in [4.69, 9.17) is 19.7 Å². The number of carbonyl (C=O) groups excluding carboxylic acids is 4. The van der Waals surface area contributed by atoms with Gasteiger partial charge in [-0.25, -0.2) is 28.7 Å². The summed E-state index contributed by atoms with van der Waals surface area (Å²) in [6.07, 6.45) is -33.5. The van der Waals surface area contributed by atoms with Crippen LogP contribution in [0.3, 0.4) is 0 Å². The second-order valence-electron chi connectivity index (χ2n) is 20.8. The number of carbonyl (C=O) groups is 6. The van der Waals surface area contributed by atoms with Crippen LogP contribution in [0.15, 0.2) is 12.7 Å². The highest BCUT2D eigenvalue weighted by Gasteiger charge is 2.77. The molecule has 0 radical (unpaired) electrons. The van der Waals surface area contributed by atoms with Crippen LogP contribution >= 0.6 is 45.2 Å². The maximum absolute atomic E-state index is 14.5. The summed E-state index contributed by atoms with van der Waals surface area (Å²) in [6.45, 7) is 11.9. The lowest BCUT2D eigenvalue weighted by Gasteiger charge is -2.44. The van der Waals surface area contributed by atoms with Crippen LogP contribution in [0.4, 0.5) is 79.8 Å². The molecule has 2 aliphatic rings. The highest BCUT2D eigenvalue weighted by molar-refractivity contribution is 14.1. The van der Waals surface area contributed by atoms with Crippen molar-refractivity contribution in [2.75, 3.05) is 14.2 Å². The fourth-order valence-corrected chi connectivity index (χ4v) is 9.91. The number of hydrogen-bond donors (Lipinski definition) is 4. The van der Waals surface area contributed by atoms with Crippen LogP contribution in [-0.2, 0) is 76.2 Å². The second kappa shape index (κ2) is 31.0. The minimum atomic E-state index is -6.90. The largest absolute Gasteiger partial charge is 0.481 e. The van der Waals surface area contributed by atoms with Gasteiger partial charge in [0, 0.05) is 65.0 Å². The highest BCUT2D eigenvalue weighted by Crippen LogP contribution is 2.52. The molecule has 0 aromatic carbocycles. The summed E-state index contributed by atoms with van der Waals surface area (Å²) >= 11 is 0.967. The predicted molar refractivity (Wildman–Crippen MR) is 279 cm³/mol. The highest BCUT2D eigenvalue weighted by atomic mass is 127. The first-order chi connectivity index (χ1) is 38.7. The van der Waals surface area contributed by atoms with Crippen molar-refractivity contribution in [2.24, 2.45) is 0 Å². The zero-order chi connectivity index (χ0) is 68.9. The molecule has 0 aliphatic heterocycles. The minimum absolute atomic E-state index is 0.0155. The predicted octanol–water partition coefficient (Wildman–Crippen LogP) is 11.2. The van der Waals surface area contributed by atoms with Crippen LogP contribution in [0.2, 0.25) is 0 Å². The van der Waals surface area contributed by atoms with Gasteiger partial charge in [0.25, 0.3) is 0 Å². The molecule has 4 N–H and O–H groups in total. The third-order valence-electron chi connectivity index (χ3n) is 11.0. The number of hydrogen-bond acceptors (Lipinski definition) is 18. The van der Waals surface area contributed by atoms with Crippen molar-refractivity contribution in [3.8, 4) is 0 Å². The second-order valence-corrected chi connectivity index (χ2v) is 27.2. The molecule has 2 rings (SSSR count). The van der Waals surface area contributed by atoms with Crippen LogP contribution in [0.5, 0.6) is 0 Å². The molecule has 510 valence electrons. The average molecular weight is 1570 g/mol. The van der Waals surface area contributed by atoms with Gasteiger partial charge in [-0.3, -0.25) is 18.0 Å². The van der Waals surface area contributed by atoms with E-state index in [1.165, 1.54) is 70.2 Å². The zero-order valence-electron chi connectivity index (χ0n) is 46.8. The van der Waals surface area contributed by atoms with Gasteiger partial charge in [0.15, 0.2) is 0 Å². The van der Waals surface area contributed by atoms with Gasteiger partial charge in [-0.05, 0) is 54.4 Å². The number of ether oxygens (including phenoxy) is 6. The molecule has 42 heteroatoms. The van der Waals surface area contributed by atoms with E-state index in [0.29, 0.717) is 32.1 Å². The number of nitrogens with one attached hydrogen (secondary N) is 2. The summed E-state index contributed by atoms with van der Waals surface area (Å²) in [4.78, 5) is 68.2. The molecule has 1 atom stereocenters. The van der Waals surface area contributed by atoms with Crippen molar-refractivity contribution < 1.29 is 163 Å². The zero-order valence-corrected chi connectivity index (χ0v) is 52.7. The first kappa shape index (κ1) is 83.2. The maximum Gasteiger partial charge on any atom is 0.460 e. The van der Waals surface area contributed by atoms with Gasteiger partial charge in [-0.1, -0.05) is 60.8 Å². The number of amides is 2. The Labute approximate surface area is 514 Å². The molecule has 2 amide bonds. The van der Waals surface area contributed by atoms with E-state index in [9.17, 15) is 116 Å². The van der Waals surface area contributed by atoms with Gasteiger partial charge in [-0.2, -0.15) is 87.1 Å². The summed E-state index contributed by atoms with van der Waals surface area (Å²) in [5, 5.41) is 7.26. The standard InChI is InChI=1S/C26H38F8INO10S.C15H18F8INO8S.C4H6O2/c1-21(2,3)44-20(40)36-22(19(39)43-4)14-17(15-22)45-47(41,42)26(33,34)25(31,32)46-24(29,30)23(27,28)13-16(35)11-9-7-5-6-8-10-12-18(37)38;1-10(2,3)31-9(27)25-11(8(26)30-4)5-7(6-11)32-34(28,29)15(22,23)14(20,21)33-13(18,19)12(16,17)24;1-2-3-4(5)6/h16-17H,5-15H2,1-4H3,(H,36,40)(H,37,38);7H,5-6H2,1-4H3,(H,25,27);2H,1,3H2,(H,5,6). The fraction of sp³-hybridized carbons (Fsp3) is 0.822. The van der Waals surface area contributed by atoms with Crippen LogP contribution in [0, 0.1) is 0 Å². The van der Waals surface area contributed by atoms with Crippen LogP contribution < -0.4 is 10.6 Å². The Morgan fingerprint density at radius 1 is 0.575 bits per heavy atom. The Hall–Kier alpha value is -3.76. The summed E-state index contributed by atoms with van der Waals surface area (Å²) in [7, 11) is -12.0. The number of alkyl halides is 18. The van der Waals surface area contributed by atoms with Crippen molar-refractivity contribution in [3.63, 3.8) is 0 Å². The first-order valence-electron chi connectivity index (χ1n) is 24.6. The van der Waals surface area contributed by atoms with Gasteiger partial charge in [-0.15, -0.1) is 6.58 Å². The summed E-state index contributed by atoms with van der Waals surface area (Å²) in [5.41, 5.74) is -6.31. The Kier molecular flexibility index (Phi) is 29.7.